The number of alkyl carbamates (subject to hydrolysis) is 1. The third kappa shape index (κ3) is 6.41. The Bertz CT molecular complexity index is 893. The van der Waals surface area contributed by atoms with Crippen molar-refractivity contribution in [2.75, 3.05) is 20.2 Å². The van der Waals surface area contributed by atoms with Crippen LogP contribution in [0.5, 0.6) is 11.5 Å². The molecule has 8 nitrogen and oxygen atoms in total. The number of nitrogens with one attached hydrogen (secondary N) is 1. The molecular formula is C23H30N2O6. The summed E-state index contributed by atoms with van der Waals surface area (Å²) in [5.41, 5.74) is -0.535. The minimum absolute atomic E-state index is 0.0136. The molecule has 8 heteroatoms. The van der Waals surface area contributed by atoms with Crippen LogP contribution in [0.2, 0.25) is 0 Å². The van der Waals surface area contributed by atoms with Gasteiger partial charge in [-0.3, -0.25) is 4.79 Å². The van der Waals surface area contributed by atoms with E-state index in [0.717, 1.165) is 0 Å². The Morgan fingerprint density at radius 2 is 1.77 bits per heavy atom. The van der Waals surface area contributed by atoms with Crippen LogP contribution in [0.25, 0.3) is 0 Å². The van der Waals surface area contributed by atoms with E-state index in [2.05, 4.69) is 5.32 Å². The second-order valence-corrected chi connectivity index (χ2v) is 8.42. The molecule has 2 amide bonds. The third-order valence-electron chi connectivity index (χ3n) is 4.81. The van der Waals surface area contributed by atoms with Crippen molar-refractivity contribution in [1.29, 1.82) is 0 Å². The van der Waals surface area contributed by atoms with E-state index in [1.54, 1.807) is 24.1 Å². The zero-order valence-electron chi connectivity index (χ0n) is 18.5. The molecule has 1 aromatic heterocycles. The number of carbonyl (C=O) groups excluding carboxylic acids is 2. The van der Waals surface area contributed by atoms with E-state index >= 15 is 0 Å². The molecular weight excluding hydrogens is 400 g/mol. The highest BCUT2D eigenvalue weighted by atomic mass is 16.6. The molecule has 0 saturated carbocycles. The summed E-state index contributed by atoms with van der Waals surface area (Å²) in [6.45, 7) is 6.74. The average molecular weight is 431 g/mol. The molecule has 0 atom stereocenters. The van der Waals surface area contributed by atoms with E-state index in [-0.39, 0.29) is 24.3 Å². The van der Waals surface area contributed by atoms with E-state index in [9.17, 15) is 9.59 Å². The Hall–Kier alpha value is -3.16. The molecule has 0 aliphatic carbocycles. The highest BCUT2D eigenvalue weighted by molar-refractivity contribution is 5.91. The number of benzene rings is 1. The predicted molar refractivity (Wildman–Crippen MR) is 114 cm³/mol. The van der Waals surface area contributed by atoms with Gasteiger partial charge in [-0.2, -0.15) is 0 Å². The van der Waals surface area contributed by atoms with Crippen LogP contribution in [0.4, 0.5) is 4.79 Å². The van der Waals surface area contributed by atoms with Gasteiger partial charge in [-0.15, -0.1) is 0 Å². The Morgan fingerprint density at radius 3 is 2.42 bits per heavy atom. The maximum atomic E-state index is 12.8. The van der Waals surface area contributed by atoms with Crippen molar-refractivity contribution in [3.8, 4) is 11.5 Å². The highest BCUT2D eigenvalue weighted by Gasteiger charge is 2.27. The maximum absolute atomic E-state index is 12.8. The monoisotopic (exact) mass is 430 g/mol. The maximum Gasteiger partial charge on any atom is 0.407 e. The number of ether oxygens (including phenoxy) is 3. The van der Waals surface area contributed by atoms with E-state index in [1.165, 1.54) is 0 Å². The van der Waals surface area contributed by atoms with Crippen LogP contribution in [0, 0.1) is 0 Å². The third-order valence-corrected chi connectivity index (χ3v) is 4.81. The summed E-state index contributed by atoms with van der Waals surface area (Å²) in [4.78, 5) is 26.4. The number of hydrogen-bond donors (Lipinski definition) is 1. The quantitative estimate of drug-likeness (QED) is 0.745. The van der Waals surface area contributed by atoms with Crippen molar-refractivity contribution in [2.45, 2.75) is 51.9 Å². The van der Waals surface area contributed by atoms with Crippen molar-refractivity contribution in [3.63, 3.8) is 0 Å². The predicted octanol–water partition coefficient (Wildman–Crippen LogP) is 4.00. The smallest absolute Gasteiger partial charge is 0.407 e. The number of carbonyl (C=O) groups is 2. The Morgan fingerprint density at radius 1 is 1.10 bits per heavy atom. The zero-order chi connectivity index (χ0) is 22.4. The van der Waals surface area contributed by atoms with Crippen molar-refractivity contribution in [3.05, 3.63) is 47.9 Å². The molecule has 1 aromatic carbocycles. The van der Waals surface area contributed by atoms with E-state index in [1.807, 2.05) is 45.0 Å². The van der Waals surface area contributed by atoms with E-state index in [0.29, 0.717) is 43.2 Å². The molecule has 1 N–H and O–H groups in total. The van der Waals surface area contributed by atoms with Gasteiger partial charge in [-0.25, -0.2) is 4.79 Å². The van der Waals surface area contributed by atoms with Crippen LogP contribution in [0.3, 0.4) is 0 Å². The van der Waals surface area contributed by atoms with Gasteiger partial charge in [0.2, 0.25) is 0 Å². The fourth-order valence-corrected chi connectivity index (χ4v) is 3.31. The first kappa shape index (κ1) is 22.5. The molecule has 0 bridgehead atoms. The van der Waals surface area contributed by atoms with Gasteiger partial charge in [0.05, 0.1) is 7.11 Å². The van der Waals surface area contributed by atoms with Gasteiger partial charge >= 0.3 is 6.09 Å². The molecule has 2 aromatic rings. The fourth-order valence-electron chi connectivity index (χ4n) is 3.31. The van der Waals surface area contributed by atoms with Crippen molar-refractivity contribution >= 4 is 12.0 Å². The Kier molecular flexibility index (Phi) is 7.09. The average Bonchev–Trinajstić information content (AvgIpc) is 3.20. The minimum Gasteiger partial charge on any atom is -0.493 e. The lowest BCUT2D eigenvalue weighted by Gasteiger charge is -2.32. The van der Waals surface area contributed by atoms with Crippen LogP contribution < -0.4 is 14.8 Å². The van der Waals surface area contributed by atoms with Gasteiger partial charge in [0.15, 0.2) is 17.3 Å². The number of furan rings is 1. The van der Waals surface area contributed by atoms with Gasteiger partial charge < -0.3 is 28.8 Å². The fraction of sp³-hybridized carbons (Fsp3) is 0.478. The van der Waals surface area contributed by atoms with E-state index < -0.39 is 11.7 Å². The van der Waals surface area contributed by atoms with Crippen molar-refractivity contribution in [1.82, 2.24) is 10.2 Å². The minimum atomic E-state index is -0.535. The molecule has 0 unspecified atom stereocenters. The molecule has 2 heterocycles. The number of hydrogen-bond acceptors (Lipinski definition) is 6. The van der Waals surface area contributed by atoms with Gasteiger partial charge in [0, 0.05) is 19.1 Å². The molecule has 3 rings (SSSR count). The molecule has 1 aliphatic rings. The summed E-state index contributed by atoms with van der Waals surface area (Å²) in [6.07, 6.45) is 0.897. The molecule has 1 saturated heterocycles. The number of methoxy groups -OCH3 is 1. The van der Waals surface area contributed by atoms with Gasteiger partial charge in [0.1, 0.15) is 18.0 Å². The molecule has 1 aliphatic heterocycles. The number of nitrogens with zero attached hydrogens (tertiary/aromatic N) is 1. The SMILES string of the molecule is COc1ccccc1OCc1ccc(C(=O)N2CCC(NC(=O)OC(C)(C)C)CC2)o1. The van der Waals surface area contributed by atoms with Crippen molar-refractivity contribution in [2.24, 2.45) is 0 Å². The summed E-state index contributed by atoms with van der Waals surface area (Å²) in [5.74, 6) is 1.90. The Labute approximate surface area is 182 Å². The first-order valence-corrected chi connectivity index (χ1v) is 10.4. The first-order valence-electron chi connectivity index (χ1n) is 10.4. The summed E-state index contributed by atoms with van der Waals surface area (Å²) in [6, 6.07) is 10.7. The molecule has 0 radical (unpaired) electrons. The zero-order valence-corrected chi connectivity index (χ0v) is 18.5. The lowest BCUT2D eigenvalue weighted by molar-refractivity contribution is 0.0470. The number of rotatable bonds is 6. The number of piperidine rings is 1. The van der Waals surface area contributed by atoms with Gasteiger partial charge in [-0.1, -0.05) is 12.1 Å². The molecule has 0 spiro atoms. The summed E-state index contributed by atoms with van der Waals surface area (Å²) in [5, 5.41) is 2.87. The summed E-state index contributed by atoms with van der Waals surface area (Å²) in [7, 11) is 1.58. The molecule has 168 valence electrons. The number of likely N-dealkylation sites (tertiary alicyclic amines) is 1. The summed E-state index contributed by atoms with van der Waals surface area (Å²) < 4.78 is 22.0. The largest absolute Gasteiger partial charge is 0.493 e. The van der Waals surface area contributed by atoms with Crippen LogP contribution >= 0.6 is 0 Å². The van der Waals surface area contributed by atoms with E-state index in [4.69, 9.17) is 18.6 Å². The highest BCUT2D eigenvalue weighted by Crippen LogP contribution is 2.27. The number of para-hydroxylation sites is 2. The second-order valence-electron chi connectivity index (χ2n) is 8.42. The van der Waals surface area contributed by atoms with Crippen LogP contribution in [0.15, 0.2) is 40.8 Å². The lowest BCUT2D eigenvalue weighted by atomic mass is 10.1. The molecule has 1 fully saturated rings. The lowest BCUT2D eigenvalue weighted by Crippen LogP contribution is -2.47. The van der Waals surface area contributed by atoms with Crippen LogP contribution in [0.1, 0.15) is 49.9 Å². The molecule has 31 heavy (non-hydrogen) atoms. The summed E-state index contributed by atoms with van der Waals surface area (Å²) >= 11 is 0. The first-order chi connectivity index (χ1) is 14.7. The van der Waals surface area contributed by atoms with Gasteiger partial charge in [0.25, 0.3) is 5.91 Å². The standard InChI is InChI=1S/C23H30N2O6/c1-23(2,3)31-22(27)24-16-11-13-25(14-12-16)21(26)20-10-9-17(30-20)15-29-19-8-6-5-7-18(19)28-4/h5-10,16H,11-15H2,1-4H3,(H,24,27). The number of amides is 2. The normalized spacial score (nSPS) is 14.8. The Balaban J connectivity index is 1.48. The van der Waals surface area contributed by atoms with Gasteiger partial charge in [-0.05, 0) is 57.9 Å². The second kappa shape index (κ2) is 9.76. The van der Waals surface area contributed by atoms with Crippen LogP contribution in [-0.4, -0.2) is 48.7 Å². The topological polar surface area (TPSA) is 90.2 Å². The van der Waals surface area contributed by atoms with Crippen LogP contribution in [-0.2, 0) is 11.3 Å². The van der Waals surface area contributed by atoms with Crippen molar-refractivity contribution < 1.29 is 28.2 Å².